The molecule has 6 nitrogen and oxygen atoms in total. The molecule has 7 heteroatoms. The van der Waals surface area contributed by atoms with Crippen LogP contribution in [-0.2, 0) is 9.59 Å². The summed E-state index contributed by atoms with van der Waals surface area (Å²) in [5, 5.41) is 7.78. The van der Waals surface area contributed by atoms with E-state index in [1.807, 2.05) is 6.92 Å². The minimum atomic E-state index is -0.790. The number of nitrogens with one attached hydrogen (secondary N) is 3. The Morgan fingerprint density at radius 3 is 2.25 bits per heavy atom. The van der Waals surface area contributed by atoms with E-state index in [0.29, 0.717) is 6.54 Å². The standard InChI is InChI=1S/C17H24FN3O3/c1-4-9-19-14(22)10-20-17(24)15(11(2)3)21-16(23)12-5-7-13(18)8-6-12/h5-8,11,15H,4,9-10H2,1-3H3,(H,19,22)(H,20,24)(H,21,23)/t15-/m0/s1. The molecule has 0 aliphatic rings. The molecule has 1 atom stereocenters. The van der Waals surface area contributed by atoms with Gasteiger partial charge in [-0.15, -0.1) is 0 Å². The van der Waals surface area contributed by atoms with Gasteiger partial charge in [-0.1, -0.05) is 20.8 Å². The Hall–Kier alpha value is -2.44. The van der Waals surface area contributed by atoms with Gasteiger partial charge in [-0.3, -0.25) is 14.4 Å². The Balaban J connectivity index is 2.62. The van der Waals surface area contributed by atoms with E-state index in [2.05, 4.69) is 16.0 Å². The van der Waals surface area contributed by atoms with E-state index in [-0.39, 0.29) is 23.9 Å². The van der Waals surface area contributed by atoms with Gasteiger partial charge in [0, 0.05) is 12.1 Å². The van der Waals surface area contributed by atoms with Crippen LogP contribution >= 0.6 is 0 Å². The maximum absolute atomic E-state index is 12.9. The predicted molar refractivity (Wildman–Crippen MR) is 88.8 cm³/mol. The summed E-state index contributed by atoms with van der Waals surface area (Å²) in [6.45, 7) is 5.90. The zero-order chi connectivity index (χ0) is 18.1. The fourth-order valence-corrected chi connectivity index (χ4v) is 1.97. The van der Waals surface area contributed by atoms with Crippen LogP contribution in [0, 0.1) is 11.7 Å². The fraction of sp³-hybridized carbons (Fsp3) is 0.471. The number of halogens is 1. The summed E-state index contributed by atoms with van der Waals surface area (Å²) >= 11 is 0. The average Bonchev–Trinajstić information content (AvgIpc) is 2.55. The molecule has 0 aromatic heterocycles. The molecule has 1 aromatic rings. The topological polar surface area (TPSA) is 87.3 Å². The Morgan fingerprint density at radius 2 is 1.71 bits per heavy atom. The van der Waals surface area contributed by atoms with E-state index in [4.69, 9.17) is 0 Å². The van der Waals surface area contributed by atoms with Crippen LogP contribution < -0.4 is 16.0 Å². The van der Waals surface area contributed by atoms with Gasteiger partial charge in [-0.25, -0.2) is 4.39 Å². The summed E-state index contributed by atoms with van der Waals surface area (Å²) in [6, 6.07) is 4.26. The second-order valence-electron chi connectivity index (χ2n) is 5.77. The summed E-state index contributed by atoms with van der Waals surface area (Å²) in [5.41, 5.74) is 0.260. The van der Waals surface area contributed by atoms with Gasteiger partial charge in [0.25, 0.3) is 5.91 Å². The first-order valence-electron chi connectivity index (χ1n) is 7.96. The van der Waals surface area contributed by atoms with Crippen molar-refractivity contribution in [2.24, 2.45) is 5.92 Å². The van der Waals surface area contributed by atoms with Crippen LogP contribution in [0.4, 0.5) is 4.39 Å². The highest BCUT2D eigenvalue weighted by Crippen LogP contribution is 2.06. The van der Waals surface area contributed by atoms with Gasteiger partial charge in [0.05, 0.1) is 6.54 Å². The monoisotopic (exact) mass is 337 g/mol. The Labute approximate surface area is 141 Å². The molecule has 0 radical (unpaired) electrons. The highest BCUT2D eigenvalue weighted by Gasteiger charge is 2.24. The first kappa shape index (κ1) is 19.6. The zero-order valence-electron chi connectivity index (χ0n) is 14.2. The van der Waals surface area contributed by atoms with Crippen molar-refractivity contribution in [2.45, 2.75) is 33.2 Å². The summed E-state index contributed by atoms with van der Waals surface area (Å²) in [5.74, 6) is -1.81. The number of benzene rings is 1. The Morgan fingerprint density at radius 1 is 1.08 bits per heavy atom. The van der Waals surface area contributed by atoms with E-state index < -0.39 is 23.7 Å². The minimum Gasteiger partial charge on any atom is -0.355 e. The van der Waals surface area contributed by atoms with Crippen molar-refractivity contribution in [3.8, 4) is 0 Å². The molecule has 3 amide bonds. The number of carbonyl (C=O) groups excluding carboxylic acids is 3. The van der Waals surface area contributed by atoms with E-state index >= 15 is 0 Å². The van der Waals surface area contributed by atoms with E-state index in [1.165, 1.54) is 24.3 Å². The number of carbonyl (C=O) groups is 3. The second kappa shape index (κ2) is 9.64. The van der Waals surface area contributed by atoms with Crippen molar-refractivity contribution >= 4 is 17.7 Å². The van der Waals surface area contributed by atoms with Crippen molar-refractivity contribution in [1.82, 2.24) is 16.0 Å². The maximum Gasteiger partial charge on any atom is 0.251 e. The third kappa shape index (κ3) is 6.36. The molecule has 0 fully saturated rings. The molecule has 0 spiro atoms. The summed E-state index contributed by atoms with van der Waals surface area (Å²) in [6.07, 6.45) is 0.808. The molecule has 0 unspecified atom stereocenters. The van der Waals surface area contributed by atoms with Crippen molar-refractivity contribution in [1.29, 1.82) is 0 Å². The first-order valence-corrected chi connectivity index (χ1v) is 7.96. The molecule has 1 aromatic carbocycles. The third-order valence-corrected chi connectivity index (χ3v) is 3.34. The normalized spacial score (nSPS) is 11.7. The highest BCUT2D eigenvalue weighted by atomic mass is 19.1. The zero-order valence-corrected chi connectivity index (χ0v) is 14.2. The van der Waals surface area contributed by atoms with Crippen molar-refractivity contribution in [3.63, 3.8) is 0 Å². The highest BCUT2D eigenvalue weighted by molar-refractivity contribution is 5.98. The number of rotatable bonds is 8. The van der Waals surface area contributed by atoms with Gasteiger partial charge in [-0.05, 0) is 36.6 Å². The van der Waals surface area contributed by atoms with Crippen LogP contribution in [-0.4, -0.2) is 36.9 Å². The molecule has 0 heterocycles. The lowest BCUT2D eigenvalue weighted by Gasteiger charge is -2.21. The fourth-order valence-electron chi connectivity index (χ4n) is 1.97. The van der Waals surface area contributed by atoms with Gasteiger partial charge >= 0.3 is 0 Å². The molecule has 0 saturated heterocycles. The molecule has 24 heavy (non-hydrogen) atoms. The Bertz CT molecular complexity index is 573. The minimum absolute atomic E-state index is 0.144. The molecule has 0 saturated carbocycles. The molecule has 0 bridgehead atoms. The van der Waals surface area contributed by atoms with Crippen LogP contribution in [0.5, 0.6) is 0 Å². The molecule has 3 N–H and O–H groups in total. The van der Waals surface area contributed by atoms with Gasteiger partial charge < -0.3 is 16.0 Å². The molecular formula is C17H24FN3O3. The average molecular weight is 337 g/mol. The predicted octanol–water partition coefficient (Wildman–Crippen LogP) is 1.22. The quantitative estimate of drug-likeness (QED) is 0.667. The van der Waals surface area contributed by atoms with Crippen LogP contribution in [0.2, 0.25) is 0 Å². The Kier molecular flexibility index (Phi) is 7.88. The molecule has 1 rings (SSSR count). The lowest BCUT2D eigenvalue weighted by atomic mass is 10.0. The first-order chi connectivity index (χ1) is 11.3. The maximum atomic E-state index is 12.9. The molecule has 0 aliphatic heterocycles. The number of amides is 3. The summed E-state index contributed by atoms with van der Waals surface area (Å²) in [7, 11) is 0. The van der Waals surface area contributed by atoms with Gasteiger partial charge in [-0.2, -0.15) is 0 Å². The van der Waals surface area contributed by atoms with Crippen LogP contribution in [0.3, 0.4) is 0 Å². The molecule has 132 valence electrons. The summed E-state index contributed by atoms with van der Waals surface area (Å²) in [4.78, 5) is 35.9. The van der Waals surface area contributed by atoms with Crippen molar-refractivity contribution in [3.05, 3.63) is 35.6 Å². The largest absolute Gasteiger partial charge is 0.355 e. The van der Waals surface area contributed by atoms with Crippen molar-refractivity contribution < 1.29 is 18.8 Å². The third-order valence-electron chi connectivity index (χ3n) is 3.34. The van der Waals surface area contributed by atoms with E-state index in [1.54, 1.807) is 13.8 Å². The van der Waals surface area contributed by atoms with Gasteiger partial charge in [0.15, 0.2) is 0 Å². The number of hydrogen-bond acceptors (Lipinski definition) is 3. The van der Waals surface area contributed by atoms with E-state index in [9.17, 15) is 18.8 Å². The molecule has 0 aliphatic carbocycles. The smallest absolute Gasteiger partial charge is 0.251 e. The van der Waals surface area contributed by atoms with Gasteiger partial charge in [0.1, 0.15) is 11.9 Å². The number of hydrogen-bond donors (Lipinski definition) is 3. The molecular weight excluding hydrogens is 313 g/mol. The van der Waals surface area contributed by atoms with Crippen molar-refractivity contribution in [2.75, 3.05) is 13.1 Å². The van der Waals surface area contributed by atoms with E-state index in [0.717, 1.165) is 6.42 Å². The van der Waals surface area contributed by atoms with Crippen LogP contribution in [0.25, 0.3) is 0 Å². The lowest BCUT2D eigenvalue weighted by Crippen LogP contribution is -2.51. The van der Waals surface area contributed by atoms with Crippen LogP contribution in [0.15, 0.2) is 24.3 Å². The summed E-state index contributed by atoms with van der Waals surface area (Å²) < 4.78 is 12.9. The van der Waals surface area contributed by atoms with Crippen LogP contribution in [0.1, 0.15) is 37.6 Å². The SMILES string of the molecule is CCCNC(=O)CNC(=O)[C@@H](NC(=O)c1ccc(F)cc1)C(C)C. The lowest BCUT2D eigenvalue weighted by molar-refractivity contribution is -0.127. The second-order valence-corrected chi connectivity index (χ2v) is 5.77. The van der Waals surface area contributed by atoms with Gasteiger partial charge in [0.2, 0.25) is 11.8 Å².